The normalized spacial score (nSPS) is 16.3. The highest BCUT2D eigenvalue weighted by atomic mass is 16.2. The monoisotopic (exact) mass is 361 g/mol. The summed E-state index contributed by atoms with van der Waals surface area (Å²) in [7, 11) is 0. The standard InChI is InChI=1S/C22H23N3O2/c1-3-16-8-6-9-17(4-2)21(16)25-14-18(12-20(25)26)22(27)24-19-10-5-7-15(11-19)13-23/h5-11,18H,3-4,12,14H2,1-2H3,(H,24,27). The van der Waals surface area contributed by atoms with Crippen LogP contribution in [0.4, 0.5) is 11.4 Å². The summed E-state index contributed by atoms with van der Waals surface area (Å²) in [6, 6.07) is 15.0. The number of carbonyl (C=O) groups excluding carboxylic acids is 2. The molecule has 1 aliphatic rings. The first-order valence-electron chi connectivity index (χ1n) is 9.29. The van der Waals surface area contributed by atoms with Crippen molar-refractivity contribution < 1.29 is 9.59 Å². The molecule has 1 aliphatic heterocycles. The molecular formula is C22H23N3O2. The Bertz CT molecular complexity index is 892. The van der Waals surface area contributed by atoms with E-state index in [1.807, 2.05) is 18.2 Å². The van der Waals surface area contributed by atoms with Gasteiger partial charge in [0, 0.05) is 24.3 Å². The highest BCUT2D eigenvalue weighted by Gasteiger charge is 2.36. The summed E-state index contributed by atoms with van der Waals surface area (Å²) in [5.41, 5.74) is 4.29. The third-order valence-corrected chi connectivity index (χ3v) is 4.99. The Morgan fingerprint density at radius 2 is 1.85 bits per heavy atom. The van der Waals surface area contributed by atoms with E-state index in [0.717, 1.165) is 29.7 Å². The van der Waals surface area contributed by atoms with Gasteiger partial charge in [0.25, 0.3) is 0 Å². The molecule has 0 radical (unpaired) electrons. The Balaban J connectivity index is 1.80. The van der Waals surface area contributed by atoms with Crippen LogP contribution in [0.2, 0.25) is 0 Å². The van der Waals surface area contributed by atoms with Crippen molar-refractivity contribution in [3.05, 3.63) is 59.2 Å². The fraction of sp³-hybridized carbons (Fsp3) is 0.318. The fourth-order valence-corrected chi connectivity index (χ4v) is 3.57. The molecule has 138 valence electrons. The number of nitrogens with zero attached hydrogens (tertiary/aromatic N) is 2. The largest absolute Gasteiger partial charge is 0.326 e. The van der Waals surface area contributed by atoms with Crippen LogP contribution >= 0.6 is 0 Å². The van der Waals surface area contributed by atoms with Crippen LogP contribution < -0.4 is 10.2 Å². The van der Waals surface area contributed by atoms with E-state index in [4.69, 9.17) is 5.26 Å². The lowest BCUT2D eigenvalue weighted by Gasteiger charge is -2.23. The van der Waals surface area contributed by atoms with Crippen LogP contribution in [0.15, 0.2) is 42.5 Å². The number of rotatable bonds is 5. The van der Waals surface area contributed by atoms with Gasteiger partial charge in [-0.1, -0.05) is 38.1 Å². The van der Waals surface area contributed by atoms with Crippen molar-refractivity contribution in [1.82, 2.24) is 0 Å². The third-order valence-electron chi connectivity index (χ3n) is 4.99. The van der Waals surface area contributed by atoms with Gasteiger partial charge in [0.2, 0.25) is 11.8 Å². The van der Waals surface area contributed by atoms with E-state index in [2.05, 4.69) is 25.2 Å². The number of nitriles is 1. The minimum atomic E-state index is -0.405. The second kappa shape index (κ2) is 8.05. The van der Waals surface area contributed by atoms with Gasteiger partial charge < -0.3 is 10.2 Å². The zero-order valence-electron chi connectivity index (χ0n) is 15.7. The van der Waals surface area contributed by atoms with E-state index in [1.54, 1.807) is 29.2 Å². The van der Waals surface area contributed by atoms with Crippen molar-refractivity contribution in [2.24, 2.45) is 5.92 Å². The SMILES string of the molecule is CCc1cccc(CC)c1N1CC(C(=O)Nc2cccc(C#N)c2)CC1=O. The number of para-hydroxylation sites is 1. The van der Waals surface area contributed by atoms with Gasteiger partial charge >= 0.3 is 0 Å². The zero-order valence-corrected chi connectivity index (χ0v) is 15.7. The Labute approximate surface area is 159 Å². The molecule has 27 heavy (non-hydrogen) atoms. The van der Waals surface area contributed by atoms with E-state index < -0.39 is 5.92 Å². The Morgan fingerprint density at radius 1 is 1.19 bits per heavy atom. The molecule has 1 heterocycles. The number of nitrogens with one attached hydrogen (secondary N) is 1. The average molecular weight is 361 g/mol. The summed E-state index contributed by atoms with van der Waals surface area (Å²) in [4.78, 5) is 27.1. The maximum atomic E-state index is 12.7. The Morgan fingerprint density at radius 3 is 2.48 bits per heavy atom. The maximum Gasteiger partial charge on any atom is 0.229 e. The molecule has 1 fully saturated rings. The summed E-state index contributed by atoms with van der Waals surface area (Å²) in [5.74, 6) is -0.609. The molecule has 2 aromatic rings. The van der Waals surface area contributed by atoms with Crippen LogP contribution in [0.25, 0.3) is 0 Å². The molecule has 0 spiro atoms. The molecule has 0 aromatic heterocycles. The number of hydrogen-bond acceptors (Lipinski definition) is 3. The van der Waals surface area contributed by atoms with Gasteiger partial charge in [0.15, 0.2) is 0 Å². The van der Waals surface area contributed by atoms with Gasteiger partial charge in [-0.05, 0) is 42.2 Å². The van der Waals surface area contributed by atoms with Crippen molar-refractivity contribution in [3.8, 4) is 6.07 Å². The topological polar surface area (TPSA) is 73.2 Å². The zero-order chi connectivity index (χ0) is 19.4. The molecule has 0 bridgehead atoms. The van der Waals surface area contributed by atoms with Gasteiger partial charge in [-0.15, -0.1) is 0 Å². The molecule has 0 saturated carbocycles. The molecule has 5 heteroatoms. The molecule has 0 aliphatic carbocycles. The first-order chi connectivity index (χ1) is 13.1. The molecule has 1 atom stereocenters. The number of amides is 2. The molecular weight excluding hydrogens is 338 g/mol. The predicted octanol–water partition coefficient (Wildman–Crippen LogP) is 3.67. The number of aryl methyl sites for hydroxylation is 2. The first-order valence-corrected chi connectivity index (χ1v) is 9.29. The van der Waals surface area contributed by atoms with Crippen LogP contribution in [-0.2, 0) is 22.4 Å². The molecule has 1 unspecified atom stereocenters. The molecule has 2 amide bonds. The highest BCUT2D eigenvalue weighted by molar-refractivity contribution is 6.04. The second-order valence-corrected chi connectivity index (χ2v) is 6.72. The van der Waals surface area contributed by atoms with Crippen LogP contribution in [0.5, 0.6) is 0 Å². The molecule has 1 N–H and O–H groups in total. The van der Waals surface area contributed by atoms with Gasteiger partial charge in [-0.3, -0.25) is 9.59 Å². The van der Waals surface area contributed by atoms with E-state index in [9.17, 15) is 9.59 Å². The number of benzene rings is 2. The van der Waals surface area contributed by atoms with Crippen molar-refractivity contribution >= 4 is 23.2 Å². The Kier molecular flexibility index (Phi) is 5.56. The van der Waals surface area contributed by atoms with Gasteiger partial charge in [0.05, 0.1) is 17.6 Å². The summed E-state index contributed by atoms with van der Waals surface area (Å²) in [6.07, 6.45) is 1.88. The third kappa shape index (κ3) is 3.85. The molecule has 2 aromatic carbocycles. The second-order valence-electron chi connectivity index (χ2n) is 6.72. The highest BCUT2D eigenvalue weighted by Crippen LogP contribution is 2.32. The average Bonchev–Trinajstić information content (AvgIpc) is 3.08. The van der Waals surface area contributed by atoms with Gasteiger partial charge in [-0.25, -0.2) is 0 Å². The first kappa shape index (κ1) is 18.7. The quantitative estimate of drug-likeness (QED) is 0.883. The minimum absolute atomic E-state index is 0.0171. The van der Waals surface area contributed by atoms with Crippen LogP contribution in [0.3, 0.4) is 0 Å². The summed E-state index contributed by atoms with van der Waals surface area (Å²) in [5, 5.41) is 11.8. The van der Waals surface area contributed by atoms with Crippen molar-refractivity contribution in [2.45, 2.75) is 33.1 Å². The number of anilines is 2. The maximum absolute atomic E-state index is 12.7. The predicted molar refractivity (Wildman–Crippen MR) is 105 cm³/mol. The lowest BCUT2D eigenvalue weighted by atomic mass is 10.0. The summed E-state index contributed by atoms with van der Waals surface area (Å²) < 4.78 is 0. The summed E-state index contributed by atoms with van der Waals surface area (Å²) >= 11 is 0. The summed E-state index contributed by atoms with van der Waals surface area (Å²) in [6.45, 7) is 4.53. The fourth-order valence-electron chi connectivity index (χ4n) is 3.57. The van der Waals surface area contributed by atoms with E-state index >= 15 is 0 Å². The Hall–Kier alpha value is -3.13. The minimum Gasteiger partial charge on any atom is -0.326 e. The molecule has 5 nitrogen and oxygen atoms in total. The van der Waals surface area contributed by atoms with Crippen LogP contribution in [0, 0.1) is 17.2 Å². The van der Waals surface area contributed by atoms with Crippen molar-refractivity contribution in [3.63, 3.8) is 0 Å². The lowest BCUT2D eigenvalue weighted by molar-refractivity contribution is -0.122. The molecule has 1 saturated heterocycles. The van der Waals surface area contributed by atoms with Crippen molar-refractivity contribution in [1.29, 1.82) is 5.26 Å². The van der Waals surface area contributed by atoms with E-state index in [1.165, 1.54) is 0 Å². The van der Waals surface area contributed by atoms with Gasteiger partial charge in [-0.2, -0.15) is 5.26 Å². The molecule has 3 rings (SSSR count). The van der Waals surface area contributed by atoms with Crippen LogP contribution in [0.1, 0.15) is 37.0 Å². The van der Waals surface area contributed by atoms with Crippen molar-refractivity contribution in [2.75, 3.05) is 16.8 Å². The lowest BCUT2D eigenvalue weighted by Crippen LogP contribution is -2.29. The number of carbonyl (C=O) groups is 2. The van der Waals surface area contributed by atoms with Crippen LogP contribution in [-0.4, -0.2) is 18.4 Å². The smallest absolute Gasteiger partial charge is 0.229 e. The van der Waals surface area contributed by atoms with Gasteiger partial charge in [0.1, 0.15) is 0 Å². The van der Waals surface area contributed by atoms with E-state index in [0.29, 0.717) is 17.8 Å². The van der Waals surface area contributed by atoms with E-state index in [-0.39, 0.29) is 18.2 Å². The number of hydrogen-bond donors (Lipinski definition) is 1.